The van der Waals surface area contributed by atoms with E-state index in [0.29, 0.717) is 0 Å². The third-order valence-corrected chi connectivity index (χ3v) is 1.89. The molecule has 0 radical (unpaired) electrons. The second-order valence-electron chi connectivity index (χ2n) is 3.03. The molecule has 1 aromatic rings. The third-order valence-electron chi connectivity index (χ3n) is 1.89. The van der Waals surface area contributed by atoms with Gasteiger partial charge >= 0.3 is 5.97 Å². The van der Waals surface area contributed by atoms with E-state index in [1.165, 1.54) is 6.20 Å². The molecule has 5 heteroatoms. The average molecular weight is 183 g/mol. The Bertz CT molecular complexity index is 295. The molecule has 1 rings (SSSR count). The zero-order chi connectivity index (χ0) is 9.84. The van der Waals surface area contributed by atoms with Crippen LogP contribution in [0.1, 0.15) is 43.2 Å². The first-order valence-electron chi connectivity index (χ1n) is 4.30. The van der Waals surface area contributed by atoms with Crippen LogP contribution in [0, 0.1) is 0 Å². The summed E-state index contributed by atoms with van der Waals surface area (Å²) >= 11 is 0. The first-order valence-corrected chi connectivity index (χ1v) is 4.30. The van der Waals surface area contributed by atoms with Crippen molar-refractivity contribution < 1.29 is 9.90 Å². The van der Waals surface area contributed by atoms with Crippen LogP contribution in [0.2, 0.25) is 0 Å². The van der Waals surface area contributed by atoms with Gasteiger partial charge in [0.05, 0.1) is 12.2 Å². The second-order valence-corrected chi connectivity index (χ2v) is 3.03. The fourth-order valence-electron chi connectivity index (χ4n) is 1.14. The summed E-state index contributed by atoms with van der Waals surface area (Å²) in [4.78, 5) is 10.5. The number of aromatic nitrogens is 3. The Labute approximate surface area is 76.4 Å². The van der Waals surface area contributed by atoms with Gasteiger partial charge in [0.15, 0.2) is 5.69 Å². The summed E-state index contributed by atoms with van der Waals surface area (Å²) in [6, 6.07) is 0.214. The summed E-state index contributed by atoms with van der Waals surface area (Å²) in [7, 11) is 0. The monoisotopic (exact) mass is 183 g/mol. The molecule has 5 nitrogen and oxygen atoms in total. The molecule has 0 saturated carbocycles. The zero-order valence-corrected chi connectivity index (χ0v) is 7.77. The van der Waals surface area contributed by atoms with Crippen molar-refractivity contribution in [3.05, 3.63) is 11.9 Å². The first-order chi connectivity index (χ1) is 6.15. The van der Waals surface area contributed by atoms with Crippen LogP contribution in [0.15, 0.2) is 6.20 Å². The molecule has 0 aliphatic carbocycles. The van der Waals surface area contributed by atoms with E-state index in [9.17, 15) is 4.79 Å². The van der Waals surface area contributed by atoms with Gasteiger partial charge in [-0.15, -0.1) is 5.10 Å². The van der Waals surface area contributed by atoms with E-state index in [0.717, 1.165) is 12.8 Å². The van der Waals surface area contributed by atoms with Gasteiger partial charge in [0, 0.05) is 0 Å². The van der Waals surface area contributed by atoms with Crippen molar-refractivity contribution in [2.24, 2.45) is 0 Å². The predicted molar refractivity (Wildman–Crippen MR) is 46.6 cm³/mol. The van der Waals surface area contributed by atoms with Gasteiger partial charge in [0.1, 0.15) is 0 Å². The maximum absolute atomic E-state index is 10.5. The van der Waals surface area contributed by atoms with Crippen LogP contribution in [0.4, 0.5) is 0 Å². The van der Waals surface area contributed by atoms with Crippen LogP contribution in [-0.2, 0) is 0 Å². The molecule has 0 bridgehead atoms. The van der Waals surface area contributed by atoms with Gasteiger partial charge in [0.25, 0.3) is 0 Å². The molecule has 0 aliphatic rings. The normalized spacial score (nSPS) is 12.8. The lowest BCUT2D eigenvalue weighted by molar-refractivity contribution is 0.0690. The minimum atomic E-state index is -1.03. The van der Waals surface area contributed by atoms with Crippen molar-refractivity contribution in [1.29, 1.82) is 0 Å². The maximum atomic E-state index is 10.5. The number of rotatable bonds is 4. The lowest BCUT2D eigenvalue weighted by atomic mass is 10.2. The minimum absolute atomic E-state index is 0.00273. The summed E-state index contributed by atoms with van der Waals surface area (Å²) in [6.45, 7) is 4.06. The Morgan fingerprint density at radius 3 is 2.92 bits per heavy atom. The van der Waals surface area contributed by atoms with Crippen LogP contribution in [0.25, 0.3) is 0 Å². The Kier molecular flexibility index (Phi) is 3.00. The predicted octanol–water partition coefficient (Wildman–Crippen LogP) is 1.34. The number of carboxylic acid groups (broad SMARTS) is 1. The highest BCUT2D eigenvalue weighted by Crippen LogP contribution is 2.10. The number of hydrogen-bond donors (Lipinski definition) is 1. The molecule has 1 aromatic heterocycles. The summed E-state index contributed by atoms with van der Waals surface area (Å²) < 4.78 is 1.59. The molecule has 0 amide bonds. The third kappa shape index (κ3) is 2.27. The average Bonchev–Trinajstić information content (AvgIpc) is 2.52. The van der Waals surface area contributed by atoms with Gasteiger partial charge in [0.2, 0.25) is 0 Å². The molecular formula is C8H13N3O2. The standard InChI is InChI=1S/C8H13N3O2/c1-3-4-6(2)11-5-7(8(12)13)9-10-11/h5-6H,3-4H2,1-2H3,(H,12,13). The number of carboxylic acids is 1. The molecule has 13 heavy (non-hydrogen) atoms. The fourth-order valence-corrected chi connectivity index (χ4v) is 1.14. The SMILES string of the molecule is CCCC(C)n1cc(C(=O)O)nn1. The summed E-state index contributed by atoms with van der Waals surface area (Å²) in [6.07, 6.45) is 3.48. The Morgan fingerprint density at radius 2 is 2.46 bits per heavy atom. The van der Waals surface area contributed by atoms with Crippen molar-refractivity contribution in [1.82, 2.24) is 15.0 Å². The molecule has 1 atom stereocenters. The van der Waals surface area contributed by atoms with Gasteiger partial charge in [-0.05, 0) is 13.3 Å². The van der Waals surface area contributed by atoms with Crippen LogP contribution in [0.3, 0.4) is 0 Å². The van der Waals surface area contributed by atoms with Crippen molar-refractivity contribution in [3.63, 3.8) is 0 Å². The lowest BCUT2D eigenvalue weighted by Gasteiger charge is -2.08. The zero-order valence-electron chi connectivity index (χ0n) is 7.77. The van der Waals surface area contributed by atoms with E-state index in [1.807, 2.05) is 6.92 Å². The molecule has 0 fully saturated rings. The van der Waals surface area contributed by atoms with Gasteiger partial charge < -0.3 is 5.11 Å². The number of carbonyl (C=O) groups is 1. The van der Waals surface area contributed by atoms with E-state index >= 15 is 0 Å². The maximum Gasteiger partial charge on any atom is 0.358 e. The van der Waals surface area contributed by atoms with Gasteiger partial charge in [-0.2, -0.15) is 0 Å². The van der Waals surface area contributed by atoms with Crippen LogP contribution in [-0.4, -0.2) is 26.1 Å². The van der Waals surface area contributed by atoms with E-state index < -0.39 is 5.97 Å². The molecule has 0 spiro atoms. The molecule has 0 saturated heterocycles. The summed E-state index contributed by atoms with van der Waals surface area (Å²) in [5.74, 6) is -1.03. The van der Waals surface area contributed by atoms with Gasteiger partial charge in [-0.25, -0.2) is 9.48 Å². The molecule has 1 heterocycles. The van der Waals surface area contributed by atoms with Crippen LogP contribution in [0.5, 0.6) is 0 Å². The van der Waals surface area contributed by atoms with Gasteiger partial charge in [-0.3, -0.25) is 0 Å². The highest BCUT2D eigenvalue weighted by Gasteiger charge is 2.11. The quantitative estimate of drug-likeness (QED) is 0.764. The van der Waals surface area contributed by atoms with E-state index in [-0.39, 0.29) is 11.7 Å². The van der Waals surface area contributed by atoms with E-state index in [4.69, 9.17) is 5.11 Å². The number of aromatic carboxylic acids is 1. The van der Waals surface area contributed by atoms with Crippen molar-refractivity contribution >= 4 is 5.97 Å². The fraction of sp³-hybridized carbons (Fsp3) is 0.625. The Morgan fingerprint density at radius 1 is 1.77 bits per heavy atom. The topological polar surface area (TPSA) is 68.0 Å². The highest BCUT2D eigenvalue weighted by molar-refractivity contribution is 5.84. The molecule has 0 aromatic carbocycles. The Hall–Kier alpha value is -1.39. The Balaban J connectivity index is 2.73. The van der Waals surface area contributed by atoms with Crippen molar-refractivity contribution in [2.45, 2.75) is 32.7 Å². The minimum Gasteiger partial charge on any atom is -0.476 e. The molecule has 0 aliphatic heterocycles. The summed E-state index contributed by atoms with van der Waals surface area (Å²) in [5.41, 5.74) is 0.00273. The van der Waals surface area contributed by atoms with E-state index in [1.54, 1.807) is 4.68 Å². The van der Waals surface area contributed by atoms with Crippen molar-refractivity contribution in [2.75, 3.05) is 0 Å². The second kappa shape index (κ2) is 4.02. The number of nitrogens with zero attached hydrogens (tertiary/aromatic N) is 3. The largest absolute Gasteiger partial charge is 0.476 e. The summed E-state index contributed by atoms with van der Waals surface area (Å²) in [5, 5.41) is 15.9. The van der Waals surface area contributed by atoms with Crippen LogP contribution < -0.4 is 0 Å². The molecule has 1 unspecified atom stereocenters. The van der Waals surface area contributed by atoms with Gasteiger partial charge in [-0.1, -0.05) is 18.6 Å². The van der Waals surface area contributed by atoms with E-state index in [2.05, 4.69) is 17.2 Å². The van der Waals surface area contributed by atoms with Crippen molar-refractivity contribution in [3.8, 4) is 0 Å². The first kappa shape index (κ1) is 9.70. The van der Waals surface area contributed by atoms with Crippen LogP contribution >= 0.6 is 0 Å². The molecule has 1 N–H and O–H groups in total. The highest BCUT2D eigenvalue weighted by atomic mass is 16.4. The molecule has 72 valence electrons. The lowest BCUT2D eigenvalue weighted by Crippen LogP contribution is -2.05. The smallest absolute Gasteiger partial charge is 0.358 e. The molecular weight excluding hydrogens is 170 g/mol. The number of hydrogen-bond acceptors (Lipinski definition) is 3.